The molecule has 1 aliphatic heterocycles. The molecule has 1 amide bonds. The van der Waals surface area contributed by atoms with Crippen molar-refractivity contribution in [1.29, 1.82) is 0 Å². The number of hydrogen-bond donors (Lipinski definition) is 2. The molecular weight excluding hydrogens is 310 g/mol. The van der Waals surface area contributed by atoms with E-state index in [2.05, 4.69) is 5.32 Å². The fourth-order valence-corrected chi connectivity index (χ4v) is 2.62. The van der Waals surface area contributed by atoms with Gasteiger partial charge in [0.05, 0.1) is 18.7 Å². The monoisotopic (exact) mass is 327 g/mol. The SMILES string of the molecule is COc1ccc(CCC(=O)NC2(C(=O)O)CCOC2)cc1Cl. The molecule has 0 spiro atoms. The van der Waals surface area contributed by atoms with E-state index < -0.39 is 11.5 Å². The van der Waals surface area contributed by atoms with Crippen molar-refractivity contribution in [3.8, 4) is 5.75 Å². The van der Waals surface area contributed by atoms with Gasteiger partial charge >= 0.3 is 5.97 Å². The van der Waals surface area contributed by atoms with Crippen LogP contribution in [0.3, 0.4) is 0 Å². The van der Waals surface area contributed by atoms with Crippen molar-refractivity contribution in [2.75, 3.05) is 20.3 Å². The van der Waals surface area contributed by atoms with Gasteiger partial charge in [-0.15, -0.1) is 0 Å². The number of aliphatic carboxylic acids is 1. The largest absolute Gasteiger partial charge is 0.495 e. The summed E-state index contributed by atoms with van der Waals surface area (Å²) in [6, 6.07) is 5.29. The second kappa shape index (κ2) is 6.98. The third kappa shape index (κ3) is 3.69. The molecule has 0 aromatic heterocycles. The lowest BCUT2D eigenvalue weighted by molar-refractivity contribution is -0.147. The Hall–Kier alpha value is -1.79. The van der Waals surface area contributed by atoms with E-state index >= 15 is 0 Å². The number of carbonyl (C=O) groups excluding carboxylic acids is 1. The van der Waals surface area contributed by atoms with Gasteiger partial charge in [-0.3, -0.25) is 4.79 Å². The van der Waals surface area contributed by atoms with Crippen molar-refractivity contribution in [2.24, 2.45) is 0 Å². The van der Waals surface area contributed by atoms with E-state index in [4.69, 9.17) is 21.1 Å². The zero-order valence-corrected chi connectivity index (χ0v) is 13.0. The maximum absolute atomic E-state index is 12.0. The molecule has 1 heterocycles. The van der Waals surface area contributed by atoms with E-state index in [9.17, 15) is 14.7 Å². The van der Waals surface area contributed by atoms with Gasteiger partial charge in [-0.2, -0.15) is 0 Å². The summed E-state index contributed by atoms with van der Waals surface area (Å²) in [4.78, 5) is 23.3. The van der Waals surface area contributed by atoms with Crippen molar-refractivity contribution < 1.29 is 24.2 Å². The summed E-state index contributed by atoms with van der Waals surface area (Å²) in [5, 5.41) is 12.3. The van der Waals surface area contributed by atoms with Gasteiger partial charge in [0.25, 0.3) is 0 Å². The molecule has 2 N–H and O–H groups in total. The topological polar surface area (TPSA) is 84.9 Å². The van der Waals surface area contributed by atoms with Crippen LogP contribution in [-0.2, 0) is 20.7 Å². The van der Waals surface area contributed by atoms with E-state index in [0.717, 1.165) is 5.56 Å². The Kier molecular flexibility index (Phi) is 5.26. The van der Waals surface area contributed by atoms with E-state index in [1.807, 2.05) is 6.07 Å². The molecule has 6 nitrogen and oxygen atoms in total. The Labute approximate surface area is 133 Å². The van der Waals surface area contributed by atoms with Crippen molar-refractivity contribution in [1.82, 2.24) is 5.32 Å². The van der Waals surface area contributed by atoms with Gasteiger partial charge in [0.1, 0.15) is 5.75 Å². The Bertz CT molecular complexity index is 569. The highest BCUT2D eigenvalue weighted by Gasteiger charge is 2.43. The molecule has 22 heavy (non-hydrogen) atoms. The van der Waals surface area contributed by atoms with E-state index in [0.29, 0.717) is 23.8 Å². The van der Waals surface area contributed by atoms with Crippen LogP contribution in [0.1, 0.15) is 18.4 Å². The van der Waals surface area contributed by atoms with Crippen LogP contribution >= 0.6 is 11.6 Å². The van der Waals surface area contributed by atoms with Crippen LogP contribution in [0.25, 0.3) is 0 Å². The summed E-state index contributed by atoms with van der Waals surface area (Å²) in [5.74, 6) is -0.812. The summed E-state index contributed by atoms with van der Waals surface area (Å²) in [6.07, 6.45) is 0.923. The molecule has 1 aliphatic rings. The highest BCUT2D eigenvalue weighted by atomic mass is 35.5. The number of rotatable bonds is 6. The Balaban J connectivity index is 1.92. The van der Waals surface area contributed by atoms with Crippen LogP contribution in [0.4, 0.5) is 0 Å². The first-order valence-corrected chi connectivity index (χ1v) is 7.29. The highest BCUT2D eigenvalue weighted by Crippen LogP contribution is 2.25. The summed E-state index contributed by atoms with van der Waals surface area (Å²) in [7, 11) is 1.53. The number of aryl methyl sites for hydroxylation is 1. The van der Waals surface area contributed by atoms with Crippen molar-refractivity contribution >= 4 is 23.5 Å². The predicted molar refractivity (Wildman–Crippen MR) is 80.3 cm³/mol. The van der Waals surface area contributed by atoms with Crippen LogP contribution in [0.5, 0.6) is 5.75 Å². The molecule has 0 aliphatic carbocycles. The molecule has 1 aromatic rings. The number of hydrogen-bond acceptors (Lipinski definition) is 4. The zero-order valence-electron chi connectivity index (χ0n) is 12.2. The highest BCUT2D eigenvalue weighted by molar-refractivity contribution is 6.32. The smallest absolute Gasteiger partial charge is 0.331 e. The Morgan fingerprint density at radius 2 is 2.27 bits per heavy atom. The normalized spacial score (nSPS) is 20.6. The van der Waals surface area contributed by atoms with E-state index in [1.54, 1.807) is 12.1 Å². The van der Waals surface area contributed by atoms with Crippen molar-refractivity contribution in [2.45, 2.75) is 24.8 Å². The second-order valence-corrected chi connectivity index (χ2v) is 5.61. The molecule has 1 saturated heterocycles. The predicted octanol–water partition coefficient (Wildman–Crippen LogP) is 1.64. The van der Waals surface area contributed by atoms with Gasteiger partial charge in [-0.1, -0.05) is 17.7 Å². The minimum Gasteiger partial charge on any atom is -0.495 e. The van der Waals surface area contributed by atoms with Gasteiger partial charge < -0.3 is 19.9 Å². The zero-order chi connectivity index (χ0) is 16.2. The third-order valence-electron chi connectivity index (χ3n) is 3.67. The van der Waals surface area contributed by atoms with Gasteiger partial charge in [-0.25, -0.2) is 4.79 Å². The minimum absolute atomic E-state index is 0.00242. The summed E-state index contributed by atoms with van der Waals surface area (Å²) < 4.78 is 10.2. The van der Waals surface area contributed by atoms with Crippen molar-refractivity contribution in [3.63, 3.8) is 0 Å². The number of halogens is 1. The lowest BCUT2D eigenvalue weighted by Crippen LogP contribution is -2.55. The first kappa shape index (κ1) is 16.6. The minimum atomic E-state index is -1.30. The summed E-state index contributed by atoms with van der Waals surface area (Å²) in [5.41, 5.74) is -0.415. The number of nitrogens with one attached hydrogen (secondary N) is 1. The number of ether oxygens (including phenoxy) is 2. The van der Waals surface area contributed by atoms with Gasteiger partial charge in [-0.05, 0) is 24.1 Å². The standard InChI is InChI=1S/C15H18ClNO5/c1-21-12-4-2-10(8-11(12)16)3-5-13(18)17-15(14(19)20)6-7-22-9-15/h2,4,8H,3,5-7,9H2,1H3,(H,17,18)(H,19,20). The molecular formula is C15H18ClNO5. The van der Waals surface area contributed by atoms with Crippen LogP contribution in [0.2, 0.25) is 5.02 Å². The Morgan fingerprint density at radius 1 is 1.50 bits per heavy atom. The average molecular weight is 328 g/mol. The number of carbonyl (C=O) groups is 2. The molecule has 1 atom stereocenters. The molecule has 7 heteroatoms. The lowest BCUT2D eigenvalue weighted by atomic mass is 9.98. The fourth-order valence-electron chi connectivity index (χ4n) is 2.34. The number of amides is 1. The third-order valence-corrected chi connectivity index (χ3v) is 3.96. The van der Waals surface area contributed by atoms with Gasteiger partial charge in [0.15, 0.2) is 5.54 Å². The first-order valence-electron chi connectivity index (χ1n) is 6.91. The Morgan fingerprint density at radius 3 is 2.82 bits per heavy atom. The second-order valence-electron chi connectivity index (χ2n) is 5.21. The summed E-state index contributed by atoms with van der Waals surface area (Å²) >= 11 is 6.03. The molecule has 0 saturated carbocycles. The molecule has 1 aromatic carbocycles. The molecule has 1 unspecified atom stereocenters. The van der Waals surface area contributed by atoms with Gasteiger partial charge in [0.2, 0.25) is 5.91 Å². The lowest BCUT2D eigenvalue weighted by Gasteiger charge is -2.23. The molecule has 2 rings (SSSR count). The molecule has 0 bridgehead atoms. The number of methoxy groups -OCH3 is 1. The molecule has 120 valence electrons. The quantitative estimate of drug-likeness (QED) is 0.829. The van der Waals surface area contributed by atoms with Crippen LogP contribution < -0.4 is 10.1 Å². The maximum Gasteiger partial charge on any atom is 0.331 e. The molecule has 1 fully saturated rings. The average Bonchev–Trinajstić information content (AvgIpc) is 2.95. The maximum atomic E-state index is 12.0. The van der Waals surface area contributed by atoms with Crippen LogP contribution in [0.15, 0.2) is 18.2 Å². The summed E-state index contributed by atoms with van der Waals surface area (Å²) in [6.45, 7) is 0.336. The number of carboxylic acid groups (broad SMARTS) is 1. The molecule has 0 radical (unpaired) electrons. The van der Waals surface area contributed by atoms with Crippen LogP contribution in [-0.4, -0.2) is 42.8 Å². The first-order chi connectivity index (χ1) is 10.5. The van der Waals surface area contributed by atoms with Crippen molar-refractivity contribution in [3.05, 3.63) is 28.8 Å². The van der Waals surface area contributed by atoms with Crippen LogP contribution in [0, 0.1) is 0 Å². The van der Waals surface area contributed by atoms with Gasteiger partial charge in [0, 0.05) is 19.4 Å². The number of benzene rings is 1. The number of carboxylic acids is 1. The fraction of sp³-hybridized carbons (Fsp3) is 0.467. The van der Waals surface area contributed by atoms with E-state index in [1.165, 1.54) is 7.11 Å². The van der Waals surface area contributed by atoms with E-state index in [-0.39, 0.29) is 25.4 Å².